The van der Waals surface area contributed by atoms with Gasteiger partial charge in [-0.15, -0.1) is 0 Å². The molecule has 0 aliphatic carbocycles. The quantitative estimate of drug-likeness (QED) is 0.774. The standard InChI is InChI=1S/C12H18N4O3/c1-2-9(13)11-14-10(7-19-11)12(18)16-5-3-15(8-17)4-6-16/h7-9H,2-6,13H2,1H3. The van der Waals surface area contributed by atoms with E-state index in [1.807, 2.05) is 6.92 Å². The van der Waals surface area contributed by atoms with Crippen LogP contribution in [0, 0.1) is 0 Å². The van der Waals surface area contributed by atoms with Crippen molar-refractivity contribution in [3.8, 4) is 0 Å². The molecule has 0 radical (unpaired) electrons. The van der Waals surface area contributed by atoms with Gasteiger partial charge in [-0.1, -0.05) is 6.92 Å². The van der Waals surface area contributed by atoms with Gasteiger partial charge in [0.15, 0.2) is 5.69 Å². The van der Waals surface area contributed by atoms with Crippen molar-refractivity contribution in [2.45, 2.75) is 19.4 Å². The molecule has 7 nitrogen and oxygen atoms in total. The van der Waals surface area contributed by atoms with E-state index in [0.717, 1.165) is 6.41 Å². The summed E-state index contributed by atoms with van der Waals surface area (Å²) >= 11 is 0. The maximum Gasteiger partial charge on any atom is 0.275 e. The van der Waals surface area contributed by atoms with Crippen molar-refractivity contribution in [1.29, 1.82) is 0 Å². The second-order valence-electron chi connectivity index (χ2n) is 4.52. The fraction of sp³-hybridized carbons (Fsp3) is 0.583. The molecule has 19 heavy (non-hydrogen) atoms. The Morgan fingerprint density at radius 1 is 1.53 bits per heavy atom. The van der Waals surface area contributed by atoms with Crippen molar-refractivity contribution in [2.75, 3.05) is 26.2 Å². The average molecular weight is 266 g/mol. The Labute approximate surface area is 111 Å². The minimum atomic E-state index is -0.284. The molecule has 2 rings (SSSR count). The van der Waals surface area contributed by atoms with Crippen LogP contribution in [0.3, 0.4) is 0 Å². The molecular weight excluding hydrogens is 248 g/mol. The second-order valence-corrected chi connectivity index (χ2v) is 4.52. The number of piperazine rings is 1. The fourth-order valence-electron chi connectivity index (χ4n) is 1.92. The van der Waals surface area contributed by atoms with E-state index in [9.17, 15) is 9.59 Å². The van der Waals surface area contributed by atoms with E-state index >= 15 is 0 Å². The van der Waals surface area contributed by atoms with E-state index in [4.69, 9.17) is 10.2 Å². The molecule has 1 unspecified atom stereocenters. The second kappa shape index (κ2) is 5.83. The number of carbonyl (C=O) groups is 2. The van der Waals surface area contributed by atoms with Gasteiger partial charge >= 0.3 is 0 Å². The zero-order chi connectivity index (χ0) is 13.8. The normalized spacial score (nSPS) is 17.4. The third kappa shape index (κ3) is 2.93. The van der Waals surface area contributed by atoms with Crippen LogP contribution in [0.4, 0.5) is 0 Å². The van der Waals surface area contributed by atoms with Crippen LogP contribution in [0.25, 0.3) is 0 Å². The van der Waals surface area contributed by atoms with Gasteiger partial charge in [-0.3, -0.25) is 9.59 Å². The molecule has 2 N–H and O–H groups in total. The van der Waals surface area contributed by atoms with Crippen molar-refractivity contribution >= 4 is 12.3 Å². The number of rotatable bonds is 4. The number of nitrogens with two attached hydrogens (primary N) is 1. The molecule has 1 atom stereocenters. The Bertz CT molecular complexity index is 452. The molecule has 1 aliphatic heterocycles. The number of carbonyl (C=O) groups excluding carboxylic acids is 2. The third-order valence-electron chi connectivity index (χ3n) is 3.25. The van der Waals surface area contributed by atoms with Gasteiger partial charge in [0.05, 0.1) is 6.04 Å². The first kappa shape index (κ1) is 13.5. The smallest absolute Gasteiger partial charge is 0.275 e. The van der Waals surface area contributed by atoms with E-state index in [2.05, 4.69) is 4.98 Å². The predicted octanol–water partition coefficient (Wildman–Crippen LogP) is -0.00140. The molecule has 1 fully saturated rings. The zero-order valence-corrected chi connectivity index (χ0v) is 10.9. The molecular formula is C12H18N4O3. The molecule has 0 bridgehead atoms. The molecule has 2 heterocycles. The Balaban J connectivity index is 2.00. The van der Waals surface area contributed by atoms with Gasteiger partial charge in [-0.2, -0.15) is 0 Å². The maximum atomic E-state index is 12.2. The highest BCUT2D eigenvalue weighted by atomic mass is 16.3. The van der Waals surface area contributed by atoms with Crippen molar-refractivity contribution < 1.29 is 14.0 Å². The fourth-order valence-corrected chi connectivity index (χ4v) is 1.92. The van der Waals surface area contributed by atoms with Crippen molar-refractivity contribution in [3.05, 3.63) is 17.8 Å². The first-order chi connectivity index (χ1) is 9.15. The number of amides is 2. The highest BCUT2D eigenvalue weighted by molar-refractivity contribution is 5.92. The van der Waals surface area contributed by atoms with E-state index in [1.54, 1.807) is 9.80 Å². The van der Waals surface area contributed by atoms with Gasteiger partial charge in [0.1, 0.15) is 6.26 Å². The van der Waals surface area contributed by atoms with Crippen LogP contribution in [-0.2, 0) is 4.79 Å². The van der Waals surface area contributed by atoms with E-state index < -0.39 is 0 Å². The lowest BCUT2D eigenvalue weighted by Crippen LogP contribution is -2.48. The van der Waals surface area contributed by atoms with Crippen LogP contribution in [0.2, 0.25) is 0 Å². The summed E-state index contributed by atoms with van der Waals surface area (Å²) in [6.45, 7) is 4.05. The van der Waals surface area contributed by atoms with Gasteiger partial charge in [0, 0.05) is 26.2 Å². The summed E-state index contributed by atoms with van der Waals surface area (Å²) in [5, 5.41) is 0. The molecule has 1 saturated heterocycles. The van der Waals surface area contributed by atoms with Gasteiger partial charge in [-0.05, 0) is 6.42 Å². The molecule has 2 amide bonds. The molecule has 1 aromatic rings. The molecule has 0 saturated carbocycles. The first-order valence-electron chi connectivity index (χ1n) is 6.35. The van der Waals surface area contributed by atoms with Crippen molar-refractivity contribution in [2.24, 2.45) is 5.73 Å². The van der Waals surface area contributed by atoms with E-state index in [0.29, 0.717) is 38.5 Å². The summed E-state index contributed by atoms with van der Waals surface area (Å²) in [5.41, 5.74) is 6.07. The van der Waals surface area contributed by atoms with Crippen LogP contribution < -0.4 is 5.73 Å². The minimum Gasteiger partial charge on any atom is -0.446 e. The van der Waals surface area contributed by atoms with E-state index in [1.165, 1.54) is 6.26 Å². The Morgan fingerprint density at radius 3 is 2.79 bits per heavy atom. The summed E-state index contributed by atoms with van der Waals surface area (Å²) in [5.74, 6) is 0.209. The summed E-state index contributed by atoms with van der Waals surface area (Å²) in [4.78, 5) is 30.2. The molecule has 1 aliphatic rings. The Kier molecular flexibility index (Phi) is 4.16. The van der Waals surface area contributed by atoms with Crippen LogP contribution >= 0.6 is 0 Å². The Morgan fingerprint density at radius 2 is 2.21 bits per heavy atom. The molecule has 104 valence electrons. The molecule has 0 aromatic carbocycles. The number of nitrogens with zero attached hydrogens (tertiary/aromatic N) is 3. The molecule has 1 aromatic heterocycles. The van der Waals surface area contributed by atoms with Crippen LogP contribution in [0.1, 0.15) is 35.8 Å². The van der Waals surface area contributed by atoms with Crippen LogP contribution in [-0.4, -0.2) is 53.3 Å². The lowest BCUT2D eigenvalue weighted by molar-refractivity contribution is -0.119. The number of hydrogen-bond donors (Lipinski definition) is 1. The molecule has 0 spiro atoms. The van der Waals surface area contributed by atoms with Crippen molar-refractivity contribution in [1.82, 2.24) is 14.8 Å². The molecule has 7 heteroatoms. The summed E-state index contributed by atoms with van der Waals surface area (Å²) in [6, 6.07) is -0.284. The number of oxazole rings is 1. The highest BCUT2D eigenvalue weighted by Gasteiger charge is 2.24. The zero-order valence-electron chi connectivity index (χ0n) is 10.9. The van der Waals surface area contributed by atoms with Gasteiger partial charge in [-0.25, -0.2) is 4.98 Å². The highest BCUT2D eigenvalue weighted by Crippen LogP contribution is 2.14. The number of hydrogen-bond acceptors (Lipinski definition) is 5. The van der Waals surface area contributed by atoms with Crippen LogP contribution in [0.15, 0.2) is 10.7 Å². The predicted molar refractivity (Wildman–Crippen MR) is 67.3 cm³/mol. The van der Waals surface area contributed by atoms with Crippen LogP contribution in [0.5, 0.6) is 0 Å². The topological polar surface area (TPSA) is 92.7 Å². The van der Waals surface area contributed by atoms with Gasteiger partial charge in [0.2, 0.25) is 12.3 Å². The number of aromatic nitrogens is 1. The maximum absolute atomic E-state index is 12.2. The SMILES string of the molecule is CCC(N)c1nc(C(=O)N2CCN(C=O)CC2)co1. The third-order valence-corrected chi connectivity index (χ3v) is 3.25. The first-order valence-corrected chi connectivity index (χ1v) is 6.35. The lowest BCUT2D eigenvalue weighted by atomic mass is 10.2. The average Bonchev–Trinajstić information content (AvgIpc) is 2.95. The van der Waals surface area contributed by atoms with Crippen molar-refractivity contribution in [3.63, 3.8) is 0 Å². The minimum absolute atomic E-state index is 0.177. The van der Waals surface area contributed by atoms with Gasteiger partial charge < -0.3 is 20.0 Å². The van der Waals surface area contributed by atoms with Gasteiger partial charge in [0.25, 0.3) is 5.91 Å². The summed E-state index contributed by atoms with van der Waals surface area (Å²) in [6.07, 6.45) is 2.85. The summed E-state index contributed by atoms with van der Waals surface area (Å²) < 4.78 is 5.22. The largest absolute Gasteiger partial charge is 0.446 e. The lowest BCUT2D eigenvalue weighted by Gasteiger charge is -2.31. The monoisotopic (exact) mass is 266 g/mol. The Hall–Kier alpha value is -1.89. The van der Waals surface area contributed by atoms with E-state index in [-0.39, 0.29) is 17.6 Å². The summed E-state index contributed by atoms with van der Waals surface area (Å²) in [7, 11) is 0.